The van der Waals surface area contributed by atoms with Crippen molar-refractivity contribution in [3.63, 3.8) is 0 Å². The number of fused-ring (bicyclic) bond motifs is 1. The fourth-order valence-electron chi connectivity index (χ4n) is 2.05. The number of nitrogens with zero attached hydrogens (tertiary/aromatic N) is 2. The maximum absolute atomic E-state index is 5.99. The number of rotatable bonds is 1. The Balaban J connectivity index is 2.03. The second-order valence-electron chi connectivity index (χ2n) is 3.93. The van der Waals surface area contributed by atoms with E-state index >= 15 is 0 Å². The van der Waals surface area contributed by atoms with Crippen LogP contribution in [0.2, 0.25) is 10.3 Å². The van der Waals surface area contributed by atoms with Crippen molar-refractivity contribution in [1.82, 2.24) is 9.97 Å². The minimum absolute atomic E-state index is 0.217. The Morgan fingerprint density at radius 1 is 1.12 bits per heavy atom. The average molecular weight is 330 g/mol. The first-order valence-corrected chi connectivity index (χ1v) is 6.68. The summed E-state index contributed by atoms with van der Waals surface area (Å²) in [6, 6.07) is 8.27. The largest absolute Gasteiger partial charge is 0.219 e. The molecule has 0 fully saturated rings. The second kappa shape index (κ2) is 4.23. The van der Waals surface area contributed by atoms with Gasteiger partial charge in [-0.25, -0.2) is 9.97 Å². The predicted molar refractivity (Wildman–Crippen MR) is 71.7 cm³/mol. The zero-order valence-corrected chi connectivity index (χ0v) is 11.7. The van der Waals surface area contributed by atoms with Crippen LogP contribution in [0.4, 0.5) is 0 Å². The Bertz CT molecular complexity index is 578. The van der Waals surface area contributed by atoms with Crippen molar-refractivity contribution in [2.24, 2.45) is 0 Å². The Kier molecular flexibility index (Phi) is 2.85. The smallest absolute Gasteiger partial charge is 0.148 e. The molecule has 2 nitrogen and oxygen atoms in total. The highest BCUT2D eigenvalue weighted by molar-refractivity contribution is 9.10. The van der Waals surface area contributed by atoms with Gasteiger partial charge in [0.1, 0.15) is 16.1 Å². The number of hydrogen-bond donors (Lipinski definition) is 0. The molecule has 86 valence electrons. The van der Waals surface area contributed by atoms with Gasteiger partial charge < -0.3 is 0 Å². The molecule has 2 aromatic rings. The highest BCUT2D eigenvalue weighted by Gasteiger charge is 2.30. The lowest BCUT2D eigenvalue weighted by atomic mass is 9.77. The highest BCUT2D eigenvalue weighted by Crippen LogP contribution is 2.40. The fourth-order valence-corrected chi connectivity index (χ4v) is 2.63. The fraction of sp³-hybridized carbons (Fsp3) is 0.167. The van der Waals surface area contributed by atoms with E-state index in [0.717, 1.165) is 6.42 Å². The van der Waals surface area contributed by atoms with E-state index in [0.29, 0.717) is 20.6 Å². The molecule has 17 heavy (non-hydrogen) atoms. The molecule has 1 heterocycles. The molecule has 5 heteroatoms. The Morgan fingerprint density at radius 3 is 2.41 bits per heavy atom. The van der Waals surface area contributed by atoms with Crippen molar-refractivity contribution in [3.05, 3.63) is 56.0 Å². The normalized spacial score (nSPS) is 17.5. The standard InChI is InChI=1S/C12H7BrCl2N2/c13-9-10(14)16-12(17-11(9)15)8-5-6-3-1-2-4-7(6)8/h1-4,8H,5H2. The molecule has 1 aromatic heterocycles. The summed E-state index contributed by atoms with van der Waals surface area (Å²) < 4.78 is 0.553. The van der Waals surface area contributed by atoms with Gasteiger partial charge >= 0.3 is 0 Å². The number of halogens is 3. The van der Waals surface area contributed by atoms with E-state index in [2.05, 4.69) is 38.0 Å². The third kappa shape index (κ3) is 1.86. The summed E-state index contributed by atoms with van der Waals surface area (Å²) in [5.74, 6) is 0.913. The van der Waals surface area contributed by atoms with Crippen LogP contribution in [0.25, 0.3) is 0 Å². The summed E-state index contributed by atoms with van der Waals surface area (Å²) in [5.41, 5.74) is 2.61. The summed E-state index contributed by atoms with van der Waals surface area (Å²) in [5, 5.41) is 0.730. The first-order valence-electron chi connectivity index (χ1n) is 5.13. The van der Waals surface area contributed by atoms with Crippen LogP contribution in [0.15, 0.2) is 28.7 Å². The van der Waals surface area contributed by atoms with Crippen molar-refractivity contribution < 1.29 is 0 Å². The molecule has 1 aliphatic rings. The number of benzene rings is 1. The van der Waals surface area contributed by atoms with Crippen LogP contribution in [0.1, 0.15) is 22.9 Å². The zero-order chi connectivity index (χ0) is 12.0. The van der Waals surface area contributed by atoms with E-state index in [1.807, 2.05) is 12.1 Å². The van der Waals surface area contributed by atoms with Crippen LogP contribution in [-0.2, 0) is 6.42 Å². The zero-order valence-electron chi connectivity index (χ0n) is 8.62. The minimum atomic E-state index is 0.217. The lowest BCUT2D eigenvalue weighted by Crippen LogP contribution is -2.20. The molecule has 0 bridgehead atoms. The van der Waals surface area contributed by atoms with Gasteiger partial charge in [0.2, 0.25) is 0 Å². The molecule has 0 N–H and O–H groups in total. The quantitative estimate of drug-likeness (QED) is 0.731. The maximum Gasteiger partial charge on any atom is 0.148 e. The lowest BCUT2D eigenvalue weighted by Gasteiger charge is -2.28. The topological polar surface area (TPSA) is 25.8 Å². The van der Waals surface area contributed by atoms with Gasteiger partial charge in [-0.2, -0.15) is 0 Å². The van der Waals surface area contributed by atoms with Gasteiger partial charge in [-0.05, 0) is 33.5 Å². The van der Waals surface area contributed by atoms with E-state index < -0.39 is 0 Å². The van der Waals surface area contributed by atoms with Gasteiger partial charge in [0, 0.05) is 5.92 Å². The monoisotopic (exact) mass is 328 g/mol. The molecule has 0 radical (unpaired) electrons. The molecular formula is C12H7BrCl2N2. The van der Waals surface area contributed by atoms with E-state index in [1.165, 1.54) is 11.1 Å². The van der Waals surface area contributed by atoms with Gasteiger partial charge in [-0.15, -0.1) is 0 Å². The summed E-state index contributed by atoms with van der Waals surface area (Å²) in [6.45, 7) is 0. The van der Waals surface area contributed by atoms with E-state index in [9.17, 15) is 0 Å². The molecule has 0 spiro atoms. The van der Waals surface area contributed by atoms with Gasteiger partial charge in [0.15, 0.2) is 0 Å². The molecule has 1 aliphatic carbocycles. The van der Waals surface area contributed by atoms with Gasteiger partial charge in [0.25, 0.3) is 0 Å². The maximum atomic E-state index is 5.99. The van der Waals surface area contributed by atoms with Crippen molar-refractivity contribution in [2.45, 2.75) is 12.3 Å². The highest BCUT2D eigenvalue weighted by atomic mass is 79.9. The summed E-state index contributed by atoms with van der Waals surface area (Å²) in [7, 11) is 0. The predicted octanol–water partition coefficient (Wildman–Crippen LogP) is 4.23. The van der Waals surface area contributed by atoms with Gasteiger partial charge in [-0.1, -0.05) is 47.5 Å². The third-order valence-electron chi connectivity index (χ3n) is 2.95. The average Bonchev–Trinajstić information content (AvgIpc) is 2.27. The molecule has 0 amide bonds. The van der Waals surface area contributed by atoms with Crippen LogP contribution in [0.5, 0.6) is 0 Å². The van der Waals surface area contributed by atoms with Crippen molar-refractivity contribution in [3.8, 4) is 0 Å². The Labute approximate surface area is 117 Å². The number of hydrogen-bond acceptors (Lipinski definition) is 2. The van der Waals surface area contributed by atoms with Crippen LogP contribution < -0.4 is 0 Å². The summed E-state index contributed by atoms with van der Waals surface area (Å²) in [6.07, 6.45) is 0.949. The van der Waals surface area contributed by atoms with E-state index in [4.69, 9.17) is 23.2 Å². The minimum Gasteiger partial charge on any atom is -0.219 e. The molecule has 0 aliphatic heterocycles. The van der Waals surface area contributed by atoms with Crippen LogP contribution >= 0.6 is 39.1 Å². The SMILES string of the molecule is Clc1nc(C2Cc3ccccc32)nc(Cl)c1Br. The molecule has 0 saturated carbocycles. The molecule has 1 aromatic carbocycles. The lowest BCUT2D eigenvalue weighted by molar-refractivity contribution is 0.659. The van der Waals surface area contributed by atoms with E-state index in [1.54, 1.807) is 0 Å². The first kappa shape index (κ1) is 11.5. The Morgan fingerprint density at radius 2 is 1.76 bits per heavy atom. The van der Waals surface area contributed by atoms with Crippen molar-refractivity contribution >= 4 is 39.1 Å². The number of aromatic nitrogens is 2. The van der Waals surface area contributed by atoms with Gasteiger partial charge in [-0.3, -0.25) is 0 Å². The summed E-state index contributed by atoms with van der Waals surface area (Å²) >= 11 is 15.2. The summed E-state index contributed by atoms with van der Waals surface area (Å²) in [4.78, 5) is 8.55. The molecule has 1 atom stereocenters. The van der Waals surface area contributed by atoms with Crippen molar-refractivity contribution in [2.75, 3.05) is 0 Å². The first-order chi connectivity index (χ1) is 8.16. The molecule has 3 rings (SSSR count). The van der Waals surface area contributed by atoms with Crippen LogP contribution in [-0.4, -0.2) is 9.97 Å². The molecular weight excluding hydrogens is 323 g/mol. The molecule has 0 saturated heterocycles. The van der Waals surface area contributed by atoms with Crippen LogP contribution in [0.3, 0.4) is 0 Å². The van der Waals surface area contributed by atoms with Crippen molar-refractivity contribution in [1.29, 1.82) is 0 Å². The second-order valence-corrected chi connectivity index (χ2v) is 5.44. The molecule has 1 unspecified atom stereocenters. The van der Waals surface area contributed by atoms with E-state index in [-0.39, 0.29) is 5.92 Å². The Hall–Kier alpha value is -0.640. The van der Waals surface area contributed by atoms with Crippen LogP contribution in [0, 0.1) is 0 Å². The van der Waals surface area contributed by atoms with Gasteiger partial charge in [0.05, 0.1) is 4.47 Å². The third-order valence-corrected chi connectivity index (χ3v) is 4.71.